The number of carbonyl (C=O) groups excluding carboxylic acids is 2. The number of benzene rings is 1. The molecule has 1 unspecified atom stereocenters. The van der Waals surface area contributed by atoms with E-state index in [-0.39, 0.29) is 5.91 Å². The number of hydrogen-bond donors (Lipinski definition) is 2. The number of aryl methyl sites for hydroxylation is 1. The zero-order chi connectivity index (χ0) is 17.8. The fourth-order valence-electron chi connectivity index (χ4n) is 3.38. The number of nitrogens with one attached hydrogen (secondary N) is 1. The van der Waals surface area contributed by atoms with Gasteiger partial charge in [-0.1, -0.05) is 30.3 Å². The van der Waals surface area contributed by atoms with Crippen molar-refractivity contribution in [1.29, 1.82) is 0 Å². The van der Waals surface area contributed by atoms with Gasteiger partial charge in [-0.2, -0.15) is 0 Å². The van der Waals surface area contributed by atoms with Crippen molar-refractivity contribution in [3.8, 4) is 0 Å². The topological polar surface area (TPSA) is 80.4 Å². The zero-order valence-corrected chi connectivity index (χ0v) is 14.4. The zero-order valence-electron chi connectivity index (χ0n) is 14.4. The maximum atomic E-state index is 12.4. The third kappa shape index (κ3) is 4.09. The van der Waals surface area contributed by atoms with Crippen LogP contribution in [0.1, 0.15) is 39.3 Å². The van der Waals surface area contributed by atoms with Crippen LogP contribution >= 0.6 is 0 Å². The van der Waals surface area contributed by atoms with Crippen molar-refractivity contribution in [2.24, 2.45) is 12.8 Å². The van der Waals surface area contributed by atoms with Gasteiger partial charge in [0.15, 0.2) is 0 Å². The second kappa shape index (κ2) is 7.53. The summed E-state index contributed by atoms with van der Waals surface area (Å²) >= 11 is 0. The molecule has 1 aromatic carbocycles. The molecule has 2 heterocycles. The quantitative estimate of drug-likeness (QED) is 0.837. The molecule has 6 heteroatoms. The van der Waals surface area contributed by atoms with Crippen molar-refractivity contribution in [2.75, 3.05) is 13.1 Å². The van der Waals surface area contributed by atoms with Gasteiger partial charge < -0.3 is 15.6 Å². The van der Waals surface area contributed by atoms with Crippen LogP contribution in [-0.4, -0.2) is 40.4 Å². The third-order valence-electron chi connectivity index (χ3n) is 4.75. The van der Waals surface area contributed by atoms with E-state index in [1.165, 1.54) is 11.6 Å². The lowest BCUT2D eigenvalue weighted by molar-refractivity contribution is 0.0931. The molecule has 0 spiro atoms. The summed E-state index contributed by atoms with van der Waals surface area (Å²) in [7, 11) is 1.73. The highest BCUT2D eigenvalue weighted by Crippen LogP contribution is 2.19. The fraction of sp³-hybridized carbons (Fsp3) is 0.368. The molecule has 0 radical (unpaired) electrons. The molecule has 6 nitrogen and oxygen atoms in total. The Morgan fingerprint density at radius 1 is 1.28 bits per heavy atom. The molecule has 2 amide bonds. The normalized spacial score (nSPS) is 17.6. The van der Waals surface area contributed by atoms with Crippen molar-refractivity contribution in [3.63, 3.8) is 0 Å². The lowest BCUT2D eigenvalue weighted by Gasteiger charge is -2.24. The average molecular weight is 340 g/mol. The summed E-state index contributed by atoms with van der Waals surface area (Å²) < 4.78 is 1.63. The first-order valence-electron chi connectivity index (χ1n) is 8.57. The minimum Gasteiger partial charge on any atom is -0.366 e. The van der Waals surface area contributed by atoms with Crippen molar-refractivity contribution in [2.45, 2.75) is 25.4 Å². The molecule has 1 aliphatic heterocycles. The predicted octanol–water partition coefficient (Wildman–Crippen LogP) is 1.52. The molecule has 0 aliphatic carbocycles. The van der Waals surface area contributed by atoms with Gasteiger partial charge in [-0.05, 0) is 31.0 Å². The minimum atomic E-state index is -0.528. The van der Waals surface area contributed by atoms with Gasteiger partial charge in [-0.15, -0.1) is 0 Å². The van der Waals surface area contributed by atoms with E-state index in [0.29, 0.717) is 23.8 Å². The SMILES string of the molecule is Cn1cc(C(N)=O)cc1C(=O)NCC1CCCN1Cc1ccccc1. The third-order valence-corrected chi connectivity index (χ3v) is 4.75. The van der Waals surface area contributed by atoms with Crippen LogP contribution in [0.15, 0.2) is 42.6 Å². The molecule has 2 aromatic rings. The minimum absolute atomic E-state index is 0.179. The lowest BCUT2D eigenvalue weighted by atomic mass is 10.2. The Balaban J connectivity index is 1.58. The van der Waals surface area contributed by atoms with E-state index < -0.39 is 5.91 Å². The van der Waals surface area contributed by atoms with E-state index in [2.05, 4.69) is 22.3 Å². The molecule has 0 bridgehead atoms. The smallest absolute Gasteiger partial charge is 0.267 e. The van der Waals surface area contributed by atoms with Crippen LogP contribution < -0.4 is 11.1 Å². The van der Waals surface area contributed by atoms with Gasteiger partial charge in [-0.3, -0.25) is 14.5 Å². The van der Waals surface area contributed by atoms with E-state index in [1.54, 1.807) is 17.8 Å². The number of primary amides is 1. The summed E-state index contributed by atoms with van der Waals surface area (Å²) in [6.07, 6.45) is 3.80. The van der Waals surface area contributed by atoms with E-state index in [1.807, 2.05) is 18.2 Å². The number of hydrogen-bond acceptors (Lipinski definition) is 3. The van der Waals surface area contributed by atoms with E-state index in [4.69, 9.17) is 5.73 Å². The summed E-state index contributed by atoms with van der Waals surface area (Å²) in [5.41, 5.74) is 7.35. The number of likely N-dealkylation sites (tertiary alicyclic amines) is 1. The summed E-state index contributed by atoms with van der Waals surface area (Å²) in [5, 5.41) is 3.00. The molecule has 0 saturated carbocycles. The van der Waals surface area contributed by atoms with Crippen molar-refractivity contribution >= 4 is 11.8 Å². The highest BCUT2D eigenvalue weighted by Gasteiger charge is 2.25. The Morgan fingerprint density at radius 2 is 2.04 bits per heavy atom. The number of amides is 2. The van der Waals surface area contributed by atoms with E-state index in [0.717, 1.165) is 25.9 Å². The van der Waals surface area contributed by atoms with Crippen LogP contribution in [0.3, 0.4) is 0 Å². The molecule has 1 aromatic heterocycles. The molecule has 1 saturated heterocycles. The van der Waals surface area contributed by atoms with Gasteiger partial charge in [0.05, 0.1) is 5.56 Å². The Hall–Kier alpha value is -2.60. The first kappa shape index (κ1) is 17.2. The van der Waals surface area contributed by atoms with E-state index >= 15 is 0 Å². The Bertz CT molecular complexity index is 754. The first-order chi connectivity index (χ1) is 12.0. The molecule has 1 atom stereocenters. The van der Waals surface area contributed by atoms with Gasteiger partial charge in [0, 0.05) is 32.4 Å². The molecule has 1 fully saturated rings. The second-order valence-corrected chi connectivity index (χ2v) is 6.55. The summed E-state index contributed by atoms with van der Waals surface area (Å²) in [6, 6.07) is 12.2. The van der Waals surface area contributed by atoms with Crippen molar-refractivity contribution < 1.29 is 9.59 Å². The monoisotopic (exact) mass is 340 g/mol. The number of nitrogens with two attached hydrogens (primary N) is 1. The Labute approximate surface area is 147 Å². The molecule has 3 N–H and O–H groups in total. The van der Waals surface area contributed by atoms with Crippen molar-refractivity contribution in [3.05, 3.63) is 59.4 Å². The number of carbonyl (C=O) groups is 2. The maximum Gasteiger partial charge on any atom is 0.267 e. The van der Waals surface area contributed by atoms with Gasteiger partial charge in [-0.25, -0.2) is 0 Å². The number of rotatable bonds is 6. The van der Waals surface area contributed by atoms with Gasteiger partial charge >= 0.3 is 0 Å². The summed E-state index contributed by atoms with van der Waals surface area (Å²) in [5.74, 6) is -0.707. The standard InChI is InChI=1S/C19H24N4O2/c1-22-13-15(18(20)24)10-17(22)19(25)21-11-16-8-5-9-23(16)12-14-6-3-2-4-7-14/h2-4,6-7,10,13,16H,5,8-9,11-12H2,1H3,(H2,20,24)(H,21,25). The molecule has 3 rings (SSSR count). The van der Waals surface area contributed by atoms with Crippen molar-refractivity contribution in [1.82, 2.24) is 14.8 Å². The molecule has 132 valence electrons. The number of nitrogens with zero attached hydrogens (tertiary/aromatic N) is 2. The Kier molecular flexibility index (Phi) is 5.19. The molecule has 1 aliphatic rings. The number of aromatic nitrogens is 1. The average Bonchev–Trinajstić information content (AvgIpc) is 3.20. The van der Waals surface area contributed by atoms with Crippen LogP contribution in [0, 0.1) is 0 Å². The first-order valence-corrected chi connectivity index (χ1v) is 8.57. The van der Waals surface area contributed by atoms with Crippen LogP contribution in [0.2, 0.25) is 0 Å². The summed E-state index contributed by atoms with van der Waals surface area (Å²) in [6.45, 7) is 2.55. The highest BCUT2D eigenvalue weighted by atomic mass is 16.2. The van der Waals surface area contributed by atoms with Gasteiger partial charge in [0.2, 0.25) is 5.91 Å². The highest BCUT2D eigenvalue weighted by molar-refractivity contribution is 5.98. The lowest BCUT2D eigenvalue weighted by Crippen LogP contribution is -2.40. The fourth-order valence-corrected chi connectivity index (χ4v) is 3.38. The predicted molar refractivity (Wildman–Crippen MR) is 96.1 cm³/mol. The van der Waals surface area contributed by atoms with Gasteiger partial charge in [0.25, 0.3) is 5.91 Å². The maximum absolute atomic E-state index is 12.4. The largest absolute Gasteiger partial charge is 0.366 e. The van der Waals surface area contributed by atoms with E-state index in [9.17, 15) is 9.59 Å². The Morgan fingerprint density at radius 3 is 2.72 bits per heavy atom. The van der Waals surface area contributed by atoms with Gasteiger partial charge in [0.1, 0.15) is 5.69 Å². The molecular weight excluding hydrogens is 316 g/mol. The second-order valence-electron chi connectivity index (χ2n) is 6.55. The van der Waals surface area contributed by atoms with Crippen LogP contribution in [0.4, 0.5) is 0 Å². The van der Waals surface area contributed by atoms with Crippen LogP contribution in [-0.2, 0) is 13.6 Å². The summed E-state index contributed by atoms with van der Waals surface area (Å²) in [4.78, 5) is 26.1. The molecule has 25 heavy (non-hydrogen) atoms. The van der Waals surface area contributed by atoms with Crippen LogP contribution in [0.5, 0.6) is 0 Å². The molecular formula is C19H24N4O2. The van der Waals surface area contributed by atoms with Crippen LogP contribution in [0.25, 0.3) is 0 Å².